The normalized spacial score (nSPS) is 18.4. The zero-order valence-corrected chi connectivity index (χ0v) is 13.2. The van der Waals surface area contributed by atoms with Crippen LogP contribution in [-0.2, 0) is 6.54 Å². The molecule has 2 rings (SSSR count). The highest BCUT2D eigenvalue weighted by molar-refractivity contribution is 5.74. The number of alkyl halides is 5. The summed E-state index contributed by atoms with van der Waals surface area (Å²) in [5, 5.41) is 5.06. The molecule has 2 N–H and O–H groups in total. The minimum atomic E-state index is -4.27. The van der Waals surface area contributed by atoms with Crippen molar-refractivity contribution >= 4 is 6.03 Å². The van der Waals surface area contributed by atoms with E-state index in [1.54, 1.807) is 6.07 Å². The Balaban J connectivity index is 1.78. The maximum Gasteiger partial charge on any atom is 0.401 e. The molecule has 1 atom stereocenters. The smallest absolute Gasteiger partial charge is 0.401 e. The summed E-state index contributed by atoms with van der Waals surface area (Å²) >= 11 is 0. The van der Waals surface area contributed by atoms with Crippen LogP contribution in [0.1, 0.15) is 12.0 Å². The molecule has 1 aliphatic heterocycles. The van der Waals surface area contributed by atoms with E-state index in [-0.39, 0.29) is 25.4 Å². The van der Waals surface area contributed by atoms with Crippen LogP contribution >= 0.6 is 0 Å². The second kappa shape index (κ2) is 8.32. The van der Waals surface area contributed by atoms with E-state index >= 15 is 0 Å². The van der Waals surface area contributed by atoms with E-state index in [1.165, 1.54) is 23.1 Å². The van der Waals surface area contributed by atoms with Crippen LogP contribution < -0.4 is 15.4 Å². The fourth-order valence-electron chi connectivity index (χ4n) is 2.62. The molecule has 1 fully saturated rings. The number of nitrogens with zero attached hydrogens (tertiary/aromatic N) is 1. The van der Waals surface area contributed by atoms with Crippen molar-refractivity contribution in [2.45, 2.75) is 31.8 Å². The number of halogens is 5. The fraction of sp³-hybridized carbons (Fsp3) is 0.533. The molecule has 0 spiro atoms. The number of para-hydroxylation sites is 1. The Bertz CT molecular complexity index is 583. The van der Waals surface area contributed by atoms with E-state index in [9.17, 15) is 26.7 Å². The molecule has 1 saturated heterocycles. The van der Waals surface area contributed by atoms with Crippen molar-refractivity contribution in [3.05, 3.63) is 29.8 Å². The minimum Gasteiger partial charge on any atom is -0.434 e. The highest BCUT2D eigenvalue weighted by Crippen LogP contribution is 2.21. The summed E-state index contributed by atoms with van der Waals surface area (Å²) in [6.45, 7) is -3.68. The van der Waals surface area contributed by atoms with Gasteiger partial charge < -0.3 is 15.4 Å². The Kier molecular flexibility index (Phi) is 6.40. The molecule has 2 amide bonds. The van der Waals surface area contributed by atoms with Gasteiger partial charge in [-0.2, -0.15) is 22.0 Å². The highest BCUT2D eigenvalue weighted by atomic mass is 19.4. The van der Waals surface area contributed by atoms with Crippen molar-refractivity contribution in [2.75, 3.05) is 19.6 Å². The maximum absolute atomic E-state index is 12.3. The number of urea groups is 1. The summed E-state index contributed by atoms with van der Waals surface area (Å²) in [5.74, 6) is -0.0463. The monoisotopic (exact) mass is 367 g/mol. The standard InChI is InChI=1S/C15H18F5N3O2/c16-13(17)25-12-4-2-1-3-10(12)7-21-14(24)22-11-5-6-23(8-11)9-15(18,19)20/h1-4,11,13H,5-9H2,(H2,21,22,24)/t11-/m0/s1. The van der Waals surface area contributed by atoms with Crippen molar-refractivity contribution in [1.29, 1.82) is 0 Å². The van der Waals surface area contributed by atoms with E-state index in [0.29, 0.717) is 12.0 Å². The van der Waals surface area contributed by atoms with Crippen molar-refractivity contribution in [3.8, 4) is 5.75 Å². The summed E-state index contributed by atoms with van der Waals surface area (Å²) in [6.07, 6.45) is -3.86. The molecule has 1 aliphatic rings. The second-order valence-corrected chi connectivity index (χ2v) is 5.65. The molecule has 25 heavy (non-hydrogen) atoms. The molecule has 0 unspecified atom stereocenters. The van der Waals surface area contributed by atoms with E-state index in [1.807, 2.05) is 0 Å². The molecular formula is C15H18F5N3O2. The summed E-state index contributed by atoms with van der Waals surface area (Å²) in [7, 11) is 0. The van der Waals surface area contributed by atoms with Crippen molar-refractivity contribution in [3.63, 3.8) is 0 Å². The van der Waals surface area contributed by atoms with Gasteiger partial charge in [0.1, 0.15) is 5.75 Å². The maximum atomic E-state index is 12.3. The minimum absolute atomic E-state index is 0.0463. The lowest BCUT2D eigenvalue weighted by molar-refractivity contribution is -0.143. The van der Waals surface area contributed by atoms with Gasteiger partial charge in [-0.25, -0.2) is 4.79 Å². The van der Waals surface area contributed by atoms with Crippen LogP contribution in [0, 0.1) is 0 Å². The van der Waals surface area contributed by atoms with Gasteiger partial charge in [0.15, 0.2) is 0 Å². The molecule has 0 aromatic heterocycles. The van der Waals surface area contributed by atoms with Gasteiger partial charge in [-0.05, 0) is 12.5 Å². The largest absolute Gasteiger partial charge is 0.434 e. The van der Waals surface area contributed by atoms with Gasteiger partial charge >= 0.3 is 18.8 Å². The van der Waals surface area contributed by atoms with Gasteiger partial charge in [-0.3, -0.25) is 4.90 Å². The van der Waals surface area contributed by atoms with Crippen LogP contribution in [0.15, 0.2) is 24.3 Å². The molecule has 140 valence electrons. The van der Waals surface area contributed by atoms with Gasteiger partial charge in [-0.15, -0.1) is 0 Å². The molecule has 0 saturated carbocycles. The van der Waals surface area contributed by atoms with Gasteiger partial charge in [0.25, 0.3) is 0 Å². The molecule has 1 aromatic rings. The second-order valence-electron chi connectivity index (χ2n) is 5.65. The lowest BCUT2D eigenvalue weighted by Gasteiger charge is -2.18. The average molecular weight is 367 g/mol. The van der Waals surface area contributed by atoms with Gasteiger partial charge in [0.05, 0.1) is 6.54 Å². The first-order chi connectivity index (χ1) is 11.7. The first-order valence-electron chi connectivity index (χ1n) is 7.59. The van der Waals surface area contributed by atoms with Crippen LogP contribution in [0.2, 0.25) is 0 Å². The fourth-order valence-corrected chi connectivity index (χ4v) is 2.62. The van der Waals surface area contributed by atoms with Gasteiger partial charge in [0, 0.05) is 31.2 Å². The van der Waals surface area contributed by atoms with E-state index in [0.717, 1.165) is 0 Å². The number of carbonyl (C=O) groups excluding carboxylic acids is 1. The van der Waals surface area contributed by atoms with Crippen molar-refractivity contribution in [1.82, 2.24) is 15.5 Å². The first-order valence-corrected chi connectivity index (χ1v) is 7.59. The Morgan fingerprint density at radius 3 is 2.72 bits per heavy atom. The third-order valence-corrected chi connectivity index (χ3v) is 3.64. The predicted octanol–water partition coefficient (Wildman–Crippen LogP) is 2.72. The predicted molar refractivity (Wildman–Crippen MR) is 79.3 cm³/mol. The van der Waals surface area contributed by atoms with Crippen LogP contribution in [0.3, 0.4) is 0 Å². The summed E-state index contributed by atoms with van der Waals surface area (Å²) in [6, 6.07) is 5.04. The third kappa shape index (κ3) is 6.73. The number of carbonyl (C=O) groups is 1. The molecule has 1 heterocycles. The first kappa shape index (κ1) is 19.2. The zero-order chi connectivity index (χ0) is 18.4. The lowest BCUT2D eigenvalue weighted by atomic mass is 10.2. The molecule has 10 heteroatoms. The number of rotatable bonds is 6. The number of nitrogens with one attached hydrogen (secondary N) is 2. The molecule has 5 nitrogen and oxygen atoms in total. The molecule has 0 radical (unpaired) electrons. The van der Waals surface area contributed by atoms with E-state index < -0.39 is 31.4 Å². The summed E-state index contributed by atoms with van der Waals surface area (Å²) in [5.41, 5.74) is 0.364. The molecule has 1 aromatic carbocycles. The van der Waals surface area contributed by atoms with Gasteiger partial charge in [0.2, 0.25) is 0 Å². The SMILES string of the molecule is O=C(NCc1ccccc1OC(F)F)N[C@H]1CCN(CC(F)(F)F)C1. The van der Waals surface area contributed by atoms with Gasteiger partial charge in [-0.1, -0.05) is 18.2 Å². The third-order valence-electron chi connectivity index (χ3n) is 3.64. The molecule has 0 bridgehead atoms. The lowest BCUT2D eigenvalue weighted by Crippen LogP contribution is -2.43. The van der Waals surface area contributed by atoms with Crippen molar-refractivity contribution < 1.29 is 31.5 Å². The van der Waals surface area contributed by atoms with Crippen LogP contribution in [0.25, 0.3) is 0 Å². The zero-order valence-electron chi connectivity index (χ0n) is 13.2. The average Bonchev–Trinajstić information content (AvgIpc) is 2.90. The number of hydrogen-bond donors (Lipinski definition) is 2. The quantitative estimate of drug-likeness (QED) is 0.761. The number of likely N-dealkylation sites (tertiary alicyclic amines) is 1. The Hall–Kier alpha value is -2.10. The summed E-state index contributed by atoms with van der Waals surface area (Å²) < 4.78 is 66.0. The number of hydrogen-bond acceptors (Lipinski definition) is 3. The van der Waals surface area contributed by atoms with Crippen LogP contribution in [0.5, 0.6) is 5.75 Å². The van der Waals surface area contributed by atoms with E-state index in [4.69, 9.17) is 0 Å². The highest BCUT2D eigenvalue weighted by Gasteiger charge is 2.34. The Morgan fingerprint density at radius 2 is 2.04 bits per heavy atom. The Morgan fingerprint density at radius 1 is 1.32 bits per heavy atom. The number of ether oxygens (including phenoxy) is 1. The number of amides is 2. The van der Waals surface area contributed by atoms with E-state index in [2.05, 4.69) is 15.4 Å². The summed E-state index contributed by atoms with van der Waals surface area (Å²) in [4.78, 5) is 13.1. The molecular weight excluding hydrogens is 349 g/mol. The molecule has 0 aliphatic carbocycles. The Labute approximate surface area is 141 Å². The number of benzene rings is 1. The van der Waals surface area contributed by atoms with Crippen LogP contribution in [0.4, 0.5) is 26.7 Å². The topological polar surface area (TPSA) is 53.6 Å². The van der Waals surface area contributed by atoms with Crippen molar-refractivity contribution in [2.24, 2.45) is 0 Å². The van der Waals surface area contributed by atoms with Crippen LogP contribution in [-0.4, -0.2) is 49.4 Å².